The molecule has 0 aliphatic rings. The first-order valence-corrected chi connectivity index (χ1v) is 9.59. The fourth-order valence-corrected chi connectivity index (χ4v) is 3.05. The Balaban J connectivity index is 2.23. The molecule has 0 aliphatic heterocycles. The Kier molecular flexibility index (Phi) is 7.59. The molecule has 2 rings (SSSR count). The fourth-order valence-electron chi connectivity index (χ4n) is 3.05. The summed E-state index contributed by atoms with van der Waals surface area (Å²) >= 11 is 0. The van der Waals surface area contributed by atoms with Gasteiger partial charge in [0, 0.05) is 13.1 Å². The van der Waals surface area contributed by atoms with E-state index in [-0.39, 0.29) is 11.8 Å². The molecule has 0 saturated heterocycles. The molecule has 27 heavy (non-hydrogen) atoms. The molecular weight excluding hydrogens is 336 g/mol. The lowest BCUT2D eigenvalue weighted by Gasteiger charge is -2.29. The normalized spacial score (nSPS) is 11.7. The Morgan fingerprint density at radius 1 is 1.07 bits per heavy atom. The minimum Gasteiger partial charge on any atom is -0.354 e. The number of nitrogens with zero attached hydrogens (tertiary/aromatic N) is 1. The molecule has 0 bridgehead atoms. The second kappa shape index (κ2) is 9.91. The number of carbonyl (C=O) groups is 2. The van der Waals surface area contributed by atoms with Crippen molar-refractivity contribution < 1.29 is 9.59 Å². The van der Waals surface area contributed by atoms with Crippen molar-refractivity contribution in [2.75, 3.05) is 6.54 Å². The van der Waals surface area contributed by atoms with Crippen LogP contribution in [0.25, 0.3) is 0 Å². The van der Waals surface area contributed by atoms with Crippen LogP contribution in [0.2, 0.25) is 0 Å². The van der Waals surface area contributed by atoms with Crippen molar-refractivity contribution in [1.82, 2.24) is 10.2 Å². The fraction of sp³-hybridized carbons (Fsp3) is 0.391. The lowest BCUT2D eigenvalue weighted by Crippen LogP contribution is -2.48. The summed E-state index contributed by atoms with van der Waals surface area (Å²) in [6, 6.07) is 15.4. The zero-order chi connectivity index (χ0) is 19.8. The van der Waals surface area contributed by atoms with Gasteiger partial charge in [-0.25, -0.2) is 0 Å². The standard InChI is InChI=1S/C23H30N2O2/c1-5-13-24-23(27)19(4)25(16-21-12-7-6-10-18(21)3)22(26)15-20-11-8-9-17(2)14-20/h6-12,14,19H,5,13,15-16H2,1-4H3,(H,24,27)/t19-/m1/s1. The number of hydrogen-bond donors (Lipinski definition) is 1. The third-order valence-electron chi connectivity index (χ3n) is 4.76. The number of rotatable bonds is 8. The highest BCUT2D eigenvalue weighted by atomic mass is 16.2. The van der Waals surface area contributed by atoms with E-state index in [1.54, 1.807) is 11.8 Å². The predicted octanol–water partition coefficient (Wildman–Crippen LogP) is 3.79. The summed E-state index contributed by atoms with van der Waals surface area (Å²) in [5, 5.41) is 2.91. The summed E-state index contributed by atoms with van der Waals surface area (Å²) in [4.78, 5) is 27.3. The van der Waals surface area contributed by atoms with E-state index in [4.69, 9.17) is 0 Å². The third-order valence-corrected chi connectivity index (χ3v) is 4.76. The van der Waals surface area contributed by atoms with Crippen molar-refractivity contribution in [2.45, 2.75) is 53.1 Å². The SMILES string of the molecule is CCCNC(=O)[C@@H](C)N(Cc1ccccc1C)C(=O)Cc1cccc(C)c1. The maximum Gasteiger partial charge on any atom is 0.242 e. The lowest BCUT2D eigenvalue weighted by atomic mass is 10.0. The Hall–Kier alpha value is -2.62. The van der Waals surface area contributed by atoms with Gasteiger partial charge in [-0.05, 0) is 43.9 Å². The molecule has 2 aromatic carbocycles. The number of amides is 2. The van der Waals surface area contributed by atoms with Gasteiger partial charge in [0.1, 0.15) is 6.04 Å². The maximum atomic E-state index is 13.1. The molecule has 0 radical (unpaired) electrons. The van der Waals surface area contributed by atoms with Gasteiger partial charge in [0.15, 0.2) is 0 Å². The second-order valence-electron chi connectivity index (χ2n) is 7.08. The van der Waals surface area contributed by atoms with E-state index < -0.39 is 6.04 Å². The van der Waals surface area contributed by atoms with Gasteiger partial charge in [-0.1, -0.05) is 61.0 Å². The van der Waals surface area contributed by atoms with E-state index in [1.807, 2.05) is 69.3 Å². The predicted molar refractivity (Wildman–Crippen MR) is 109 cm³/mol. The lowest BCUT2D eigenvalue weighted by molar-refractivity contribution is -0.140. The molecule has 0 saturated carbocycles. The van der Waals surface area contributed by atoms with Gasteiger partial charge in [0.2, 0.25) is 11.8 Å². The summed E-state index contributed by atoms with van der Waals surface area (Å²) in [6.45, 7) is 8.90. The quantitative estimate of drug-likeness (QED) is 0.773. The van der Waals surface area contributed by atoms with Gasteiger partial charge in [0.05, 0.1) is 6.42 Å². The highest BCUT2D eigenvalue weighted by Crippen LogP contribution is 2.15. The monoisotopic (exact) mass is 366 g/mol. The average Bonchev–Trinajstić information content (AvgIpc) is 2.64. The van der Waals surface area contributed by atoms with E-state index >= 15 is 0 Å². The first kappa shape index (κ1) is 20.7. The molecule has 4 nitrogen and oxygen atoms in total. The van der Waals surface area contributed by atoms with Gasteiger partial charge in [0.25, 0.3) is 0 Å². The first-order chi connectivity index (χ1) is 12.9. The molecule has 0 aliphatic carbocycles. The summed E-state index contributed by atoms with van der Waals surface area (Å²) in [5.74, 6) is -0.147. The highest BCUT2D eigenvalue weighted by molar-refractivity contribution is 5.88. The Bertz CT molecular complexity index is 785. The minimum absolute atomic E-state index is 0.0389. The van der Waals surface area contributed by atoms with Crippen LogP contribution in [0.3, 0.4) is 0 Å². The van der Waals surface area contributed by atoms with E-state index in [9.17, 15) is 9.59 Å². The van der Waals surface area contributed by atoms with Gasteiger partial charge < -0.3 is 10.2 Å². The number of hydrogen-bond acceptors (Lipinski definition) is 2. The first-order valence-electron chi connectivity index (χ1n) is 9.59. The summed E-state index contributed by atoms with van der Waals surface area (Å²) < 4.78 is 0. The van der Waals surface area contributed by atoms with Crippen molar-refractivity contribution >= 4 is 11.8 Å². The summed E-state index contributed by atoms with van der Waals surface area (Å²) in [5.41, 5.74) is 4.27. The van der Waals surface area contributed by atoms with E-state index in [0.717, 1.165) is 28.7 Å². The van der Waals surface area contributed by atoms with Crippen molar-refractivity contribution in [2.24, 2.45) is 0 Å². The molecule has 1 N–H and O–H groups in total. The topological polar surface area (TPSA) is 49.4 Å². The van der Waals surface area contributed by atoms with E-state index in [0.29, 0.717) is 19.5 Å². The van der Waals surface area contributed by atoms with Gasteiger partial charge in [-0.3, -0.25) is 9.59 Å². The van der Waals surface area contributed by atoms with Gasteiger partial charge in [-0.15, -0.1) is 0 Å². The number of benzene rings is 2. The number of nitrogens with one attached hydrogen (secondary N) is 1. The summed E-state index contributed by atoms with van der Waals surface area (Å²) in [7, 11) is 0. The van der Waals surface area contributed by atoms with Crippen molar-refractivity contribution in [3.63, 3.8) is 0 Å². The van der Waals surface area contributed by atoms with Crippen molar-refractivity contribution in [3.05, 3.63) is 70.8 Å². The van der Waals surface area contributed by atoms with Crippen molar-refractivity contribution in [3.8, 4) is 0 Å². The van der Waals surface area contributed by atoms with Crippen LogP contribution in [-0.4, -0.2) is 29.3 Å². The molecular formula is C23H30N2O2. The van der Waals surface area contributed by atoms with E-state index in [1.165, 1.54) is 0 Å². The Morgan fingerprint density at radius 2 is 1.81 bits per heavy atom. The maximum absolute atomic E-state index is 13.1. The molecule has 2 aromatic rings. The van der Waals surface area contributed by atoms with Crippen LogP contribution in [0.1, 0.15) is 42.5 Å². The highest BCUT2D eigenvalue weighted by Gasteiger charge is 2.26. The molecule has 0 aromatic heterocycles. The molecule has 144 valence electrons. The Morgan fingerprint density at radius 3 is 2.48 bits per heavy atom. The zero-order valence-electron chi connectivity index (χ0n) is 16.8. The Labute approximate surface area is 162 Å². The van der Waals surface area contributed by atoms with Crippen LogP contribution in [0.4, 0.5) is 0 Å². The van der Waals surface area contributed by atoms with Crippen LogP contribution in [0, 0.1) is 13.8 Å². The van der Waals surface area contributed by atoms with Gasteiger partial charge >= 0.3 is 0 Å². The zero-order valence-corrected chi connectivity index (χ0v) is 16.8. The van der Waals surface area contributed by atoms with Gasteiger partial charge in [-0.2, -0.15) is 0 Å². The smallest absolute Gasteiger partial charge is 0.242 e. The minimum atomic E-state index is -0.520. The molecule has 0 fully saturated rings. The van der Waals surface area contributed by atoms with Crippen LogP contribution < -0.4 is 5.32 Å². The molecule has 2 amide bonds. The van der Waals surface area contributed by atoms with Crippen LogP contribution >= 0.6 is 0 Å². The van der Waals surface area contributed by atoms with Crippen LogP contribution in [0.15, 0.2) is 48.5 Å². The molecule has 0 unspecified atom stereocenters. The molecule has 4 heteroatoms. The van der Waals surface area contributed by atoms with Crippen LogP contribution in [-0.2, 0) is 22.6 Å². The molecule has 0 spiro atoms. The largest absolute Gasteiger partial charge is 0.354 e. The summed E-state index contributed by atoms with van der Waals surface area (Å²) in [6.07, 6.45) is 1.16. The third kappa shape index (κ3) is 5.95. The van der Waals surface area contributed by atoms with E-state index in [2.05, 4.69) is 5.32 Å². The molecule has 1 atom stereocenters. The molecule has 0 heterocycles. The number of aryl methyl sites for hydroxylation is 2. The van der Waals surface area contributed by atoms with Crippen LogP contribution in [0.5, 0.6) is 0 Å². The number of carbonyl (C=O) groups excluding carboxylic acids is 2. The van der Waals surface area contributed by atoms with Crippen molar-refractivity contribution in [1.29, 1.82) is 0 Å². The second-order valence-corrected chi connectivity index (χ2v) is 7.08. The average molecular weight is 367 g/mol.